The first-order valence-corrected chi connectivity index (χ1v) is 5.78. The Labute approximate surface area is 99.0 Å². The Balaban J connectivity index is 0.00000112. The third-order valence-electron chi connectivity index (χ3n) is 3.52. The highest BCUT2D eigenvalue weighted by molar-refractivity contribution is 5.85. The smallest absolute Gasteiger partial charge is 0.0550 e. The Morgan fingerprint density at radius 3 is 2.67 bits per heavy atom. The number of hydrogen-bond acceptors (Lipinski definition) is 3. The van der Waals surface area contributed by atoms with Crippen LogP contribution in [-0.4, -0.2) is 50.3 Å². The maximum Gasteiger partial charge on any atom is 0.0550 e. The van der Waals surface area contributed by atoms with Gasteiger partial charge in [-0.1, -0.05) is 0 Å². The maximum atomic E-state index is 5.56. The van der Waals surface area contributed by atoms with Gasteiger partial charge in [-0.2, -0.15) is 0 Å². The minimum atomic E-state index is 0. The van der Waals surface area contributed by atoms with Gasteiger partial charge < -0.3 is 15.0 Å². The summed E-state index contributed by atoms with van der Waals surface area (Å²) in [6.45, 7) is 6.75. The molecule has 90 valence electrons. The molecular formula is C11H23ClN2O. The van der Waals surface area contributed by atoms with E-state index in [1.165, 1.54) is 32.5 Å². The molecule has 0 bridgehead atoms. The summed E-state index contributed by atoms with van der Waals surface area (Å²) < 4.78 is 5.56. The zero-order chi connectivity index (χ0) is 9.97. The van der Waals surface area contributed by atoms with Gasteiger partial charge in [-0.15, -0.1) is 12.4 Å². The molecule has 0 spiro atoms. The molecule has 15 heavy (non-hydrogen) atoms. The van der Waals surface area contributed by atoms with Gasteiger partial charge >= 0.3 is 0 Å². The lowest BCUT2D eigenvalue weighted by Gasteiger charge is -2.39. The third kappa shape index (κ3) is 3.59. The topological polar surface area (TPSA) is 24.5 Å². The summed E-state index contributed by atoms with van der Waals surface area (Å²) in [7, 11) is 2.26. The normalized spacial score (nSPS) is 32.2. The molecule has 1 N–H and O–H groups in total. The summed E-state index contributed by atoms with van der Waals surface area (Å²) in [5.41, 5.74) is 0. The summed E-state index contributed by atoms with van der Waals surface area (Å²) in [6, 6.07) is 0.785. The summed E-state index contributed by atoms with van der Waals surface area (Å²) in [5.74, 6) is 0.851. The molecule has 2 atom stereocenters. The molecule has 0 aromatic heterocycles. The zero-order valence-corrected chi connectivity index (χ0v) is 10.6. The van der Waals surface area contributed by atoms with Crippen molar-refractivity contribution in [3.8, 4) is 0 Å². The van der Waals surface area contributed by atoms with Crippen molar-refractivity contribution in [1.29, 1.82) is 0 Å². The van der Waals surface area contributed by atoms with E-state index >= 15 is 0 Å². The van der Waals surface area contributed by atoms with E-state index in [0.29, 0.717) is 6.10 Å². The van der Waals surface area contributed by atoms with Crippen molar-refractivity contribution in [3.63, 3.8) is 0 Å². The SMILES string of the molecule is CC1CC(CN(C)C2CNC2)CCO1.Cl. The maximum absolute atomic E-state index is 5.56. The number of ether oxygens (including phenoxy) is 1. The van der Waals surface area contributed by atoms with Crippen molar-refractivity contribution in [2.45, 2.75) is 31.9 Å². The number of hydrogen-bond donors (Lipinski definition) is 1. The van der Waals surface area contributed by atoms with Crippen LogP contribution >= 0.6 is 12.4 Å². The van der Waals surface area contributed by atoms with Gasteiger partial charge in [-0.3, -0.25) is 0 Å². The quantitative estimate of drug-likeness (QED) is 0.793. The number of likely N-dealkylation sites (N-methyl/N-ethyl adjacent to an activating group) is 1. The molecule has 2 unspecified atom stereocenters. The Morgan fingerprint density at radius 1 is 1.40 bits per heavy atom. The van der Waals surface area contributed by atoms with E-state index in [2.05, 4.69) is 24.2 Å². The van der Waals surface area contributed by atoms with Crippen LogP contribution in [0.1, 0.15) is 19.8 Å². The Kier molecular flexibility index (Phi) is 5.33. The molecule has 4 heteroatoms. The highest BCUT2D eigenvalue weighted by Gasteiger charge is 2.26. The fourth-order valence-electron chi connectivity index (χ4n) is 2.40. The molecule has 0 saturated carbocycles. The van der Waals surface area contributed by atoms with Crippen molar-refractivity contribution < 1.29 is 4.74 Å². The first kappa shape index (κ1) is 13.2. The van der Waals surface area contributed by atoms with Crippen LogP contribution in [0, 0.1) is 5.92 Å². The van der Waals surface area contributed by atoms with Crippen molar-refractivity contribution in [3.05, 3.63) is 0 Å². The van der Waals surface area contributed by atoms with Crippen LogP contribution in [0.3, 0.4) is 0 Å². The molecule has 2 rings (SSSR count). The number of halogens is 1. The molecule has 0 radical (unpaired) electrons. The van der Waals surface area contributed by atoms with E-state index in [1.54, 1.807) is 0 Å². The molecule has 3 nitrogen and oxygen atoms in total. The van der Waals surface area contributed by atoms with Gasteiger partial charge in [0.25, 0.3) is 0 Å². The number of nitrogens with one attached hydrogen (secondary N) is 1. The summed E-state index contributed by atoms with van der Waals surface area (Å²) in [5, 5.41) is 3.32. The first-order chi connectivity index (χ1) is 6.75. The molecule has 2 aliphatic rings. The molecule has 2 fully saturated rings. The lowest BCUT2D eigenvalue weighted by molar-refractivity contribution is -0.00837. The number of rotatable bonds is 3. The van der Waals surface area contributed by atoms with Gasteiger partial charge in [0.05, 0.1) is 6.10 Å². The van der Waals surface area contributed by atoms with E-state index in [9.17, 15) is 0 Å². The standard InChI is InChI=1S/C11H22N2O.ClH/c1-9-5-10(3-4-14-9)8-13(2)11-6-12-7-11;/h9-12H,3-8H2,1-2H3;1H. The van der Waals surface area contributed by atoms with Crippen molar-refractivity contribution in [2.75, 3.05) is 33.3 Å². The third-order valence-corrected chi connectivity index (χ3v) is 3.52. The second kappa shape index (κ2) is 6.04. The van der Waals surface area contributed by atoms with Gasteiger partial charge in [-0.25, -0.2) is 0 Å². The Hall–Kier alpha value is 0.170. The van der Waals surface area contributed by atoms with Crippen LogP contribution in [0.15, 0.2) is 0 Å². The van der Waals surface area contributed by atoms with Crippen molar-refractivity contribution in [2.24, 2.45) is 5.92 Å². The molecule has 2 heterocycles. The summed E-state index contributed by atoms with van der Waals surface area (Å²) in [4.78, 5) is 2.51. The summed E-state index contributed by atoms with van der Waals surface area (Å²) >= 11 is 0. The van der Waals surface area contributed by atoms with E-state index in [0.717, 1.165) is 18.6 Å². The summed E-state index contributed by atoms with van der Waals surface area (Å²) in [6.07, 6.45) is 2.96. The lowest BCUT2D eigenvalue weighted by atomic mass is 9.95. The average molecular weight is 235 g/mol. The fourth-order valence-corrected chi connectivity index (χ4v) is 2.40. The molecule has 0 amide bonds. The Morgan fingerprint density at radius 2 is 2.13 bits per heavy atom. The molecule has 0 aromatic carbocycles. The van der Waals surface area contributed by atoms with E-state index in [1.807, 2.05) is 0 Å². The van der Waals surface area contributed by atoms with Crippen molar-refractivity contribution in [1.82, 2.24) is 10.2 Å². The molecule has 2 aliphatic heterocycles. The highest BCUT2D eigenvalue weighted by Crippen LogP contribution is 2.21. The lowest BCUT2D eigenvalue weighted by Crippen LogP contribution is -2.56. The first-order valence-electron chi connectivity index (χ1n) is 5.78. The second-order valence-corrected chi connectivity index (χ2v) is 4.82. The van der Waals surface area contributed by atoms with Gasteiger partial charge in [0.15, 0.2) is 0 Å². The van der Waals surface area contributed by atoms with Gasteiger partial charge in [0.1, 0.15) is 0 Å². The monoisotopic (exact) mass is 234 g/mol. The average Bonchev–Trinajstić information content (AvgIpc) is 1.99. The van der Waals surface area contributed by atoms with E-state index in [-0.39, 0.29) is 12.4 Å². The van der Waals surface area contributed by atoms with E-state index in [4.69, 9.17) is 4.74 Å². The zero-order valence-electron chi connectivity index (χ0n) is 9.74. The van der Waals surface area contributed by atoms with Crippen LogP contribution < -0.4 is 5.32 Å². The van der Waals surface area contributed by atoms with Crippen molar-refractivity contribution >= 4 is 12.4 Å². The minimum absolute atomic E-state index is 0. The van der Waals surface area contributed by atoms with Crippen LogP contribution in [-0.2, 0) is 4.74 Å². The van der Waals surface area contributed by atoms with Gasteiger partial charge in [-0.05, 0) is 32.7 Å². The van der Waals surface area contributed by atoms with Crippen LogP contribution in [0.5, 0.6) is 0 Å². The molecule has 0 aromatic rings. The molecule has 2 saturated heterocycles. The number of nitrogens with zero attached hydrogens (tertiary/aromatic N) is 1. The Bertz CT molecular complexity index is 187. The molecule has 0 aliphatic carbocycles. The predicted octanol–water partition coefficient (Wildman–Crippen LogP) is 1.13. The largest absolute Gasteiger partial charge is 0.378 e. The van der Waals surface area contributed by atoms with E-state index < -0.39 is 0 Å². The van der Waals surface area contributed by atoms with Crippen LogP contribution in [0.2, 0.25) is 0 Å². The minimum Gasteiger partial charge on any atom is -0.378 e. The van der Waals surface area contributed by atoms with Gasteiger partial charge in [0.2, 0.25) is 0 Å². The fraction of sp³-hybridized carbons (Fsp3) is 1.00. The van der Waals surface area contributed by atoms with Gasteiger partial charge in [0, 0.05) is 32.3 Å². The predicted molar refractivity (Wildman–Crippen MR) is 64.7 cm³/mol. The highest BCUT2D eigenvalue weighted by atomic mass is 35.5. The van der Waals surface area contributed by atoms with Crippen LogP contribution in [0.25, 0.3) is 0 Å². The second-order valence-electron chi connectivity index (χ2n) is 4.82. The van der Waals surface area contributed by atoms with Crippen LogP contribution in [0.4, 0.5) is 0 Å². The molecular weight excluding hydrogens is 212 g/mol.